The molecule has 1 aromatic carbocycles. The lowest BCUT2D eigenvalue weighted by molar-refractivity contribution is 0.321. The fourth-order valence-corrected chi connectivity index (χ4v) is 1.89. The first-order valence-corrected chi connectivity index (χ1v) is 6.18. The molecule has 5 heteroatoms. The van der Waals surface area contributed by atoms with Gasteiger partial charge in [0, 0.05) is 6.07 Å². The smallest absolute Gasteiger partial charge is 0.167 e. The van der Waals surface area contributed by atoms with E-state index in [1.807, 2.05) is 20.8 Å². The Morgan fingerprint density at radius 3 is 2.74 bits per heavy atom. The number of nitrogens with zero attached hydrogens (tertiary/aromatic N) is 2. The van der Waals surface area contributed by atoms with Crippen LogP contribution >= 0.6 is 0 Å². The Hall–Kier alpha value is -1.88. The van der Waals surface area contributed by atoms with E-state index in [-0.39, 0.29) is 5.75 Å². The molecule has 0 fully saturated rings. The minimum absolute atomic E-state index is 0.250. The van der Waals surface area contributed by atoms with Gasteiger partial charge in [-0.1, -0.05) is 0 Å². The third kappa shape index (κ3) is 2.76. The highest BCUT2D eigenvalue weighted by atomic mass is 19.1. The quantitative estimate of drug-likeness (QED) is 0.922. The summed E-state index contributed by atoms with van der Waals surface area (Å²) in [5, 5.41) is 0. The first-order chi connectivity index (χ1) is 8.93. The highest BCUT2D eigenvalue weighted by molar-refractivity contribution is 5.40. The van der Waals surface area contributed by atoms with Crippen LogP contribution in [0.2, 0.25) is 0 Å². The van der Waals surface area contributed by atoms with E-state index < -0.39 is 11.4 Å². The predicted octanol–water partition coefficient (Wildman–Crippen LogP) is 2.60. The molecule has 1 aromatic heterocycles. The summed E-state index contributed by atoms with van der Waals surface area (Å²) in [5.74, 6) is -0.145. The topological polar surface area (TPSA) is 53.1 Å². The molecule has 0 saturated carbocycles. The minimum Gasteiger partial charge on any atom is -0.491 e. The number of hydrogen-bond donors (Lipinski definition) is 1. The van der Waals surface area contributed by atoms with Gasteiger partial charge in [0.05, 0.1) is 36.1 Å². The maximum absolute atomic E-state index is 13.9. The van der Waals surface area contributed by atoms with Gasteiger partial charge in [0.2, 0.25) is 0 Å². The molecule has 0 spiro atoms. The fourth-order valence-electron chi connectivity index (χ4n) is 1.89. The Morgan fingerprint density at radius 2 is 2.16 bits per heavy atom. The van der Waals surface area contributed by atoms with Crippen molar-refractivity contribution in [3.8, 4) is 11.4 Å². The zero-order valence-corrected chi connectivity index (χ0v) is 11.4. The van der Waals surface area contributed by atoms with E-state index in [1.165, 1.54) is 6.07 Å². The van der Waals surface area contributed by atoms with Crippen LogP contribution in [0.25, 0.3) is 5.69 Å². The fraction of sp³-hybridized carbons (Fsp3) is 0.357. The van der Waals surface area contributed by atoms with E-state index in [0.29, 0.717) is 12.3 Å². The van der Waals surface area contributed by atoms with E-state index in [9.17, 15) is 4.39 Å². The maximum Gasteiger partial charge on any atom is 0.167 e. The lowest BCUT2D eigenvalue weighted by Crippen LogP contribution is -2.31. The molecule has 102 valence electrons. The molecule has 0 amide bonds. The lowest BCUT2D eigenvalue weighted by atomic mass is 10.0. The normalized spacial score (nSPS) is 11.6. The Balaban J connectivity index is 2.43. The van der Waals surface area contributed by atoms with Crippen LogP contribution in [0, 0.1) is 5.82 Å². The van der Waals surface area contributed by atoms with E-state index in [2.05, 4.69) is 4.98 Å². The van der Waals surface area contributed by atoms with E-state index in [4.69, 9.17) is 10.5 Å². The third-order valence-electron chi connectivity index (χ3n) is 2.79. The van der Waals surface area contributed by atoms with E-state index >= 15 is 0 Å². The zero-order valence-electron chi connectivity index (χ0n) is 11.4. The average molecular weight is 263 g/mol. The van der Waals surface area contributed by atoms with Crippen LogP contribution in [-0.2, 0) is 5.54 Å². The standard InChI is InChI=1S/C14H18FN3O/c1-4-19-12-6-5-10(7-11(12)15)18-9-17-8-13(18)14(2,3)16/h5-9H,4,16H2,1-3H3. The van der Waals surface area contributed by atoms with Crippen molar-refractivity contribution in [1.29, 1.82) is 0 Å². The first-order valence-electron chi connectivity index (χ1n) is 6.18. The largest absolute Gasteiger partial charge is 0.491 e. The summed E-state index contributed by atoms with van der Waals surface area (Å²) >= 11 is 0. The second-order valence-electron chi connectivity index (χ2n) is 4.92. The Kier molecular flexibility index (Phi) is 3.57. The van der Waals surface area contributed by atoms with Crippen LogP contribution in [0.1, 0.15) is 26.5 Å². The minimum atomic E-state index is -0.550. The summed E-state index contributed by atoms with van der Waals surface area (Å²) in [7, 11) is 0. The van der Waals surface area contributed by atoms with Gasteiger partial charge in [-0.2, -0.15) is 0 Å². The molecular weight excluding hydrogens is 245 g/mol. The summed E-state index contributed by atoms with van der Waals surface area (Å²) < 4.78 is 20.8. The van der Waals surface area contributed by atoms with Gasteiger partial charge in [-0.25, -0.2) is 9.37 Å². The molecule has 2 N–H and O–H groups in total. The first kappa shape index (κ1) is 13.5. The van der Waals surface area contributed by atoms with Crippen molar-refractivity contribution < 1.29 is 9.13 Å². The van der Waals surface area contributed by atoms with Crippen molar-refractivity contribution in [2.45, 2.75) is 26.3 Å². The van der Waals surface area contributed by atoms with Gasteiger partial charge in [0.25, 0.3) is 0 Å². The molecule has 2 rings (SSSR count). The highest BCUT2D eigenvalue weighted by Crippen LogP contribution is 2.24. The number of ether oxygens (including phenoxy) is 1. The number of rotatable bonds is 4. The van der Waals surface area contributed by atoms with Crippen LogP contribution in [0.4, 0.5) is 4.39 Å². The van der Waals surface area contributed by atoms with Crippen molar-refractivity contribution in [2.75, 3.05) is 6.61 Å². The van der Waals surface area contributed by atoms with Gasteiger partial charge < -0.3 is 15.0 Å². The molecule has 0 aliphatic carbocycles. The van der Waals surface area contributed by atoms with Crippen molar-refractivity contribution >= 4 is 0 Å². The molecule has 2 aromatic rings. The summed E-state index contributed by atoms with van der Waals surface area (Å²) in [5.41, 5.74) is 7.01. The molecule has 0 bridgehead atoms. The molecule has 4 nitrogen and oxygen atoms in total. The lowest BCUT2D eigenvalue weighted by Gasteiger charge is -2.21. The highest BCUT2D eigenvalue weighted by Gasteiger charge is 2.20. The number of imidazole rings is 1. The SMILES string of the molecule is CCOc1ccc(-n2cncc2C(C)(C)N)cc1F. The van der Waals surface area contributed by atoms with Gasteiger partial charge in [0.15, 0.2) is 11.6 Å². The van der Waals surface area contributed by atoms with Crippen molar-refractivity contribution in [2.24, 2.45) is 5.73 Å². The van der Waals surface area contributed by atoms with E-state index in [0.717, 1.165) is 5.69 Å². The number of nitrogens with two attached hydrogens (primary N) is 1. The van der Waals surface area contributed by atoms with Crippen molar-refractivity contribution in [3.63, 3.8) is 0 Å². The second-order valence-corrected chi connectivity index (χ2v) is 4.92. The molecule has 0 saturated heterocycles. The maximum atomic E-state index is 13.9. The van der Waals surface area contributed by atoms with Gasteiger partial charge in [-0.05, 0) is 32.9 Å². The number of benzene rings is 1. The summed E-state index contributed by atoms with van der Waals surface area (Å²) in [4.78, 5) is 4.08. The molecule has 0 aliphatic rings. The summed E-state index contributed by atoms with van der Waals surface area (Å²) in [6.45, 7) is 6.01. The van der Waals surface area contributed by atoms with Crippen LogP contribution in [-0.4, -0.2) is 16.2 Å². The molecule has 1 heterocycles. The van der Waals surface area contributed by atoms with E-state index in [1.54, 1.807) is 29.2 Å². The molecule has 19 heavy (non-hydrogen) atoms. The molecule has 0 atom stereocenters. The Labute approximate surface area is 112 Å². The number of halogens is 1. The molecule has 0 unspecified atom stereocenters. The van der Waals surface area contributed by atoms with Gasteiger partial charge in [-0.3, -0.25) is 0 Å². The van der Waals surface area contributed by atoms with Crippen LogP contribution in [0.3, 0.4) is 0 Å². The van der Waals surface area contributed by atoms with Crippen LogP contribution in [0.5, 0.6) is 5.75 Å². The van der Waals surface area contributed by atoms with Gasteiger partial charge >= 0.3 is 0 Å². The predicted molar refractivity (Wildman–Crippen MR) is 71.9 cm³/mol. The zero-order chi connectivity index (χ0) is 14.0. The van der Waals surface area contributed by atoms with Crippen molar-refractivity contribution in [1.82, 2.24) is 9.55 Å². The Bertz CT molecular complexity index is 572. The second kappa shape index (κ2) is 5.01. The third-order valence-corrected chi connectivity index (χ3v) is 2.79. The summed E-state index contributed by atoms with van der Waals surface area (Å²) in [6.07, 6.45) is 3.31. The van der Waals surface area contributed by atoms with Gasteiger partial charge in [-0.15, -0.1) is 0 Å². The number of hydrogen-bond acceptors (Lipinski definition) is 3. The summed E-state index contributed by atoms with van der Waals surface area (Å²) in [6, 6.07) is 4.81. The number of aromatic nitrogens is 2. The molecule has 0 radical (unpaired) electrons. The van der Waals surface area contributed by atoms with Gasteiger partial charge in [0.1, 0.15) is 0 Å². The molecule has 0 aliphatic heterocycles. The van der Waals surface area contributed by atoms with Crippen molar-refractivity contribution in [3.05, 3.63) is 42.2 Å². The van der Waals surface area contributed by atoms with Crippen LogP contribution < -0.4 is 10.5 Å². The average Bonchev–Trinajstić information content (AvgIpc) is 2.80. The monoisotopic (exact) mass is 263 g/mol. The Morgan fingerprint density at radius 1 is 1.42 bits per heavy atom. The van der Waals surface area contributed by atoms with Crippen LogP contribution in [0.15, 0.2) is 30.7 Å². The molecular formula is C14H18FN3O.